The van der Waals surface area contributed by atoms with E-state index in [2.05, 4.69) is 25.2 Å². The molecule has 0 radical (unpaired) electrons. The predicted octanol–water partition coefficient (Wildman–Crippen LogP) is 3.90. The Morgan fingerprint density at radius 1 is 1.05 bits per heavy atom. The molecule has 3 heteroatoms. The van der Waals surface area contributed by atoms with Crippen LogP contribution in [0.5, 0.6) is 5.75 Å². The Balaban J connectivity index is 2.02. The molecule has 0 bridgehead atoms. The predicted molar refractivity (Wildman–Crippen MR) is 79.1 cm³/mol. The summed E-state index contributed by atoms with van der Waals surface area (Å²) >= 11 is 0. The van der Waals surface area contributed by atoms with E-state index < -0.39 is 0 Å². The van der Waals surface area contributed by atoms with Gasteiger partial charge in [-0.25, -0.2) is 4.39 Å². The number of benzene rings is 2. The molecule has 0 atom stereocenters. The minimum atomic E-state index is -0.280. The molecule has 0 unspecified atom stereocenters. The molecule has 2 nitrogen and oxygen atoms in total. The van der Waals surface area contributed by atoms with Crippen LogP contribution in [0.4, 0.5) is 4.39 Å². The standard InChI is InChI=1S/C17H20FNO/c1-13(2)19-11-14-6-3-4-7-15(14)12-20-17-9-5-8-16(18)10-17/h3-10,13,19H,11-12H2,1-2H3. The molecule has 0 aliphatic heterocycles. The molecular weight excluding hydrogens is 253 g/mol. The second-order valence-electron chi connectivity index (χ2n) is 5.05. The Morgan fingerprint density at radius 3 is 2.50 bits per heavy atom. The molecule has 0 amide bonds. The van der Waals surface area contributed by atoms with Gasteiger partial charge in [0.05, 0.1) is 0 Å². The van der Waals surface area contributed by atoms with E-state index in [1.807, 2.05) is 18.2 Å². The van der Waals surface area contributed by atoms with Gasteiger partial charge in [-0.3, -0.25) is 0 Å². The van der Waals surface area contributed by atoms with Crippen molar-refractivity contribution in [3.8, 4) is 5.75 Å². The van der Waals surface area contributed by atoms with E-state index in [1.165, 1.54) is 17.7 Å². The second kappa shape index (κ2) is 7.06. The lowest BCUT2D eigenvalue weighted by Gasteiger charge is -2.13. The summed E-state index contributed by atoms with van der Waals surface area (Å²) in [5.74, 6) is 0.272. The van der Waals surface area contributed by atoms with Crippen molar-refractivity contribution in [3.05, 3.63) is 65.5 Å². The first-order chi connectivity index (χ1) is 9.65. The van der Waals surface area contributed by atoms with Gasteiger partial charge in [0.1, 0.15) is 18.2 Å². The maximum absolute atomic E-state index is 13.1. The number of hydrogen-bond donors (Lipinski definition) is 1. The monoisotopic (exact) mass is 273 g/mol. The van der Waals surface area contributed by atoms with Crippen molar-refractivity contribution in [2.24, 2.45) is 0 Å². The normalized spacial score (nSPS) is 10.8. The van der Waals surface area contributed by atoms with Crippen LogP contribution >= 0.6 is 0 Å². The minimum absolute atomic E-state index is 0.280. The van der Waals surface area contributed by atoms with E-state index in [-0.39, 0.29) is 5.82 Å². The summed E-state index contributed by atoms with van der Waals surface area (Å²) < 4.78 is 18.7. The highest BCUT2D eigenvalue weighted by Crippen LogP contribution is 2.16. The molecule has 0 saturated heterocycles. The first-order valence-corrected chi connectivity index (χ1v) is 6.83. The highest BCUT2D eigenvalue weighted by Gasteiger charge is 2.04. The molecule has 0 aliphatic rings. The van der Waals surface area contributed by atoms with Crippen molar-refractivity contribution in [1.29, 1.82) is 0 Å². The maximum atomic E-state index is 13.1. The summed E-state index contributed by atoms with van der Waals surface area (Å²) in [5.41, 5.74) is 2.32. The average Bonchev–Trinajstić information content (AvgIpc) is 2.44. The zero-order chi connectivity index (χ0) is 14.4. The van der Waals surface area contributed by atoms with Gasteiger partial charge in [-0.1, -0.05) is 44.2 Å². The van der Waals surface area contributed by atoms with Crippen LogP contribution in [0.1, 0.15) is 25.0 Å². The molecule has 0 heterocycles. The molecule has 2 aromatic carbocycles. The molecule has 1 N–H and O–H groups in total. The van der Waals surface area contributed by atoms with Gasteiger partial charge < -0.3 is 10.1 Å². The smallest absolute Gasteiger partial charge is 0.126 e. The van der Waals surface area contributed by atoms with Crippen LogP contribution in [0.3, 0.4) is 0 Å². The lowest BCUT2D eigenvalue weighted by molar-refractivity contribution is 0.303. The molecule has 0 fully saturated rings. The molecule has 0 aliphatic carbocycles. The molecule has 0 saturated carbocycles. The topological polar surface area (TPSA) is 21.3 Å². The van der Waals surface area contributed by atoms with Gasteiger partial charge in [-0.15, -0.1) is 0 Å². The maximum Gasteiger partial charge on any atom is 0.126 e. The lowest BCUT2D eigenvalue weighted by atomic mass is 10.1. The van der Waals surface area contributed by atoms with Crippen LogP contribution in [0.2, 0.25) is 0 Å². The van der Waals surface area contributed by atoms with Crippen molar-refractivity contribution in [2.75, 3.05) is 0 Å². The molecule has 106 valence electrons. The Kier molecular flexibility index (Phi) is 5.13. The fourth-order valence-electron chi connectivity index (χ4n) is 1.90. The fraction of sp³-hybridized carbons (Fsp3) is 0.294. The van der Waals surface area contributed by atoms with Crippen LogP contribution in [0.15, 0.2) is 48.5 Å². The van der Waals surface area contributed by atoms with Gasteiger partial charge in [0.2, 0.25) is 0 Å². The average molecular weight is 273 g/mol. The Hall–Kier alpha value is -1.87. The molecule has 20 heavy (non-hydrogen) atoms. The van der Waals surface area contributed by atoms with Gasteiger partial charge in [0.15, 0.2) is 0 Å². The van der Waals surface area contributed by atoms with Crippen LogP contribution in [0, 0.1) is 5.82 Å². The zero-order valence-corrected chi connectivity index (χ0v) is 11.9. The summed E-state index contributed by atoms with van der Waals surface area (Å²) in [4.78, 5) is 0. The van der Waals surface area contributed by atoms with Gasteiger partial charge in [0.25, 0.3) is 0 Å². The fourth-order valence-corrected chi connectivity index (χ4v) is 1.90. The van der Waals surface area contributed by atoms with Crippen LogP contribution < -0.4 is 10.1 Å². The van der Waals surface area contributed by atoms with Gasteiger partial charge in [-0.05, 0) is 23.3 Å². The summed E-state index contributed by atoms with van der Waals surface area (Å²) in [6.45, 7) is 5.48. The third-order valence-corrected chi connectivity index (χ3v) is 3.01. The van der Waals surface area contributed by atoms with E-state index in [4.69, 9.17) is 4.74 Å². The highest BCUT2D eigenvalue weighted by molar-refractivity contribution is 5.28. The van der Waals surface area contributed by atoms with Crippen molar-refractivity contribution in [1.82, 2.24) is 5.32 Å². The molecular formula is C17H20FNO. The highest BCUT2D eigenvalue weighted by atomic mass is 19.1. The van der Waals surface area contributed by atoms with Crippen molar-refractivity contribution in [2.45, 2.75) is 33.0 Å². The van der Waals surface area contributed by atoms with Crippen molar-refractivity contribution in [3.63, 3.8) is 0 Å². The Bertz CT molecular complexity index is 554. The van der Waals surface area contributed by atoms with Gasteiger partial charge in [0, 0.05) is 18.7 Å². The number of rotatable bonds is 6. The Labute approximate surface area is 119 Å². The van der Waals surface area contributed by atoms with Crippen molar-refractivity contribution < 1.29 is 9.13 Å². The summed E-state index contributed by atoms with van der Waals surface area (Å²) in [7, 11) is 0. The summed E-state index contributed by atoms with van der Waals surface area (Å²) in [6, 6.07) is 14.8. The summed E-state index contributed by atoms with van der Waals surface area (Å²) in [6.07, 6.45) is 0. The number of halogens is 1. The largest absolute Gasteiger partial charge is 0.489 e. The van der Waals surface area contributed by atoms with Crippen LogP contribution in [-0.4, -0.2) is 6.04 Å². The quantitative estimate of drug-likeness (QED) is 0.861. The lowest BCUT2D eigenvalue weighted by Crippen LogP contribution is -2.22. The third kappa shape index (κ3) is 4.35. The summed E-state index contributed by atoms with van der Waals surface area (Å²) in [5, 5.41) is 3.39. The second-order valence-corrected chi connectivity index (χ2v) is 5.05. The number of ether oxygens (including phenoxy) is 1. The third-order valence-electron chi connectivity index (χ3n) is 3.01. The van der Waals surface area contributed by atoms with E-state index in [9.17, 15) is 4.39 Å². The van der Waals surface area contributed by atoms with E-state index in [0.717, 1.165) is 12.1 Å². The SMILES string of the molecule is CC(C)NCc1ccccc1COc1cccc(F)c1. The van der Waals surface area contributed by atoms with E-state index >= 15 is 0 Å². The molecule has 0 aromatic heterocycles. The minimum Gasteiger partial charge on any atom is -0.489 e. The van der Waals surface area contributed by atoms with E-state index in [0.29, 0.717) is 18.4 Å². The van der Waals surface area contributed by atoms with E-state index in [1.54, 1.807) is 12.1 Å². The van der Waals surface area contributed by atoms with Crippen LogP contribution in [0.25, 0.3) is 0 Å². The van der Waals surface area contributed by atoms with Crippen LogP contribution in [-0.2, 0) is 13.2 Å². The molecule has 2 aromatic rings. The van der Waals surface area contributed by atoms with Crippen molar-refractivity contribution >= 4 is 0 Å². The first-order valence-electron chi connectivity index (χ1n) is 6.83. The first kappa shape index (κ1) is 14.5. The number of hydrogen-bond acceptors (Lipinski definition) is 2. The van der Waals surface area contributed by atoms with Gasteiger partial charge >= 0.3 is 0 Å². The molecule has 0 spiro atoms. The molecule has 2 rings (SSSR count). The zero-order valence-electron chi connectivity index (χ0n) is 11.9. The Morgan fingerprint density at radius 2 is 1.80 bits per heavy atom. The number of nitrogens with one attached hydrogen (secondary N) is 1. The van der Waals surface area contributed by atoms with Gasteiger partial charge in [-0.2, -0.15) is 0 Å².